The fourth-order valence-electron chi connectivity index (χ4n) is 0.719. The van der Waals surface area contributed by atoms with Crippen LogP contribution in [0, 0.1) is 10.8 Å². The molecule has 102 valence electrons. The zero-order valence-corrected chi connectivity index (χ0v) is 11.8. The van der Waals surface area contributed by atoms with Crippen molar-refractivity contribution < 1.29 is 16.8 Å². The fraction of sp³-hybridized carbons (Fsp3) is 0.875. The highest BCUT2D eigenvalue weighted by atomic mass is 32.2. The van der Waals surface area contributed by atoms with Crippen LogP contribution in [-0.4, -0.2) is 47.0 Å². The molecular formula is C8H19N3O4S2. The summed E-state index contributed by atoms with van der Waals surface area (Å²) in [7, 11) is -6.98. The molecule has 0 amide bonds. The van der Waals surface area contributed by atoms with Crippen LogP contribution in [0.15, 0.2) is 0 Å². The van der Waals surface area contributed by atoms with Gasteiger partial charge in [0, 0.05) is 18.2 Å². The zero-order chi connectivity index (χ0) is 13.9. The topological polar surface area (TPSA) is 130 Å². The Morgan fingerprint density at radius 2 is 1.71 bits per heavy atom. The van der Waals surface area contributed by atoms with Crippen molar-refractivity contribution in [2.45, 2.75) is 13.8 Å². The molecule has 0 radical (unpaired) electrons. The van der Waals surface area contributed by atoms with Gasteiger partial charge in [0.2, 0.25) is 10.0 Å². The molecule has 0 atom stereocenters. The monoisotopic (exact) mass is 285 g/mol. The molecule has 0 aromatic carbocycles. The van der Waals surface area contributed by atoms with Crippen LogP contribution in [0.1, 0.15) is 13.8 Å². The molecule has 0 heterocycles. The molecule has 0 saturated carbocycles. The molecule has 0 aromatic rings. The van der Waals surface area contributed by atoms with E-state index in [0.29, 0.717) is 0 Å². The van der Waals surface area contributed by atoms with Crippen molar-refractivity contribution in [3.63, 3.8) is 0 Å². The summed E-state index contributed by atoms with van der Waals surface area (Å²) in [6.45, 7) is 3.21. The molecule has 9 heteroatoms. The lowest BCUT2D eigenvalue weighted by molar-refractivity contribution is 0.493. The van der Waals surface area contributed by atoms with Gasteiger partial charge >= 0.3 is 0 Å². The van der Waals surface area contributed by atoms with E-state index in [1.165, 1.54) is 0 Å². The second-order valence-electron chi connectivity index (χ2n) is 4.57. The molecule has 0 unspecified atom stereocenters. The van der Waals surface area contributed by atoms with Crippen molar-refractivity contribution >= 4 is 25.7 Å². The number of rotatable bonds is 7. The molecule has 17 heavy (non-hydrogen) atoms. The van der Waals surface area contributed by atoms with E-state index in [1.54, 1.807) is 13.8 Å². The average Bonchev–Trinajstić information content (AvgIpc) is 2.11. The quantitative estimate of drug-likeness (QED) is 0.404. The van der Waals surface area contributed by atoms with Crippen molar-refractivity contribution in [1.82, 2.24) is 4.72 Å². The maximum atomic E-state index is 11.5. The van der Waals surface area contributed by atoms with Gasteiger partial charge in [-0.1, -0.05) is 13.8 Å². The lowest BCUT2D eigenvalue weighted by atomic mass is 9.93. The minimum absolute atomic E-state index is 0.0333. The maximum absolute atomic E-state index is 11.5. The Bertz CT molecular complexity index is 479. The Hall–Kier alpha value is -0.670. The van der Waals surface area contributed by atoms with Gasteiger partial charge in [0.05, 0.1) is 17.3 Å². The summed E-state index contributed by atoms with van der Waals surface area (Å²) in [5.41, 5.74) is 4.50. The first-order chi connectivity index (χ1) is 7.36. The highest BCUT2D eigenvalue weighted by Gasteiger charge is 2.24. The van der Waals surface area contributed by atoms with Crippen LogP contribution in [0.25, 0.3) is 0 Å². The molecule has 0 aliphatic carbocycles. The number of amidine groups is 1. The van der Waals surface area contributed by atoms with Crippen molar-refractivity contribution in [1.29, 1.82) is 5.41 Å². The number of sulfone groups is 1. The SMILES string of the molecule is CC(C)(CNS(=O)(=O)CCS(C)(=O)=O)C(=N)N. The van der Waals surface area contributed by atoms with Gasteiger partial charge in [-0.15, -0.1) is 0 Å². The standard InChI is InChI=1S/C8H19N3O4S2/c1-8(2,7(9)10)6-11-17(14,15)5-4-16(3,12)13/h11H,4-6H2,1-3H3,(H3,9,10). The van der Waals surface area contributed by atoms with Gasteiger partial charge in [0.25, 0.3) is 0 Å². The summed E-state index contributed by atoms with van der Waals surface area (Å²) in [6, 6.07) is 0. The Labute approximate surface area is 102 Å². The Kier molecular flexibility index (Phi) is 5.11. The van der Waals surface area contributed by atoms with E-state index < -0.39 is 36.8 Å². The van der Waals surface area contributed by atoms with E-state index in [-0.39, 0.29) is 12.4 Å². The smallest absolute Gasteiger partial charge is 0.212 e. The lowest BCUT2D eigenvalue weighted by Gasteiger charge is -2.22. The first-order valence-electron chi connectivity index (χ1n) is 4.85. The molecular weight excluding hydrogens is 266 g/mol. The third-order valence-electron chi connectivity index (χ3n) is 2.19. The summed E-state index contributed by atoms with van der Waals surface area (Å²) in [6.07, 6.45) is 0.974. The third kappa shape index (κ3) is 7.29. The summed E-state index contributed by atoms with van der Waals surface area (Å²) in [5.74, 6) is -1.05. The second-order valence-corrected chi connectivity index (χ2v) is 8.75. The largest absolute Gasteiger partial charge is 0.387 e. The van der Waals surface area contributed by atoms with Crippen LogP contribution in [0.3, 0.4) is 0 Å². The Balaban J connectivity index is 4.44. The molecule has 0 aliphatic rings. The average molecular weight is 285 g/mol. The summed E-state index contributed by atoms with van der Waals surface area (Å²) in [4.78, 5) is 0. The van der Waals surface area contributed by atoms with Crippen molar-refractivity contribution in [2.75, 3.05) is 24.3 Å². The number of nitrogens with one attached hydrogen (secondary N) is 2. The van der Waals surface area contributed by atoms with E-state index in [1.807, 2.05) is 0 Å². The maximum Gasteiger partial charge on any atom is 0.212 e. The third-order valence-corrected chi connectivity index (χ3v) is 4.72. The highest BCUT2D eigenvalue weighted by molar-refractivity contribution is 7.93. The van der Waals surface area contributed by atoms with E-state index in [2.05, 4.69) is 4.72 Å². The number of hydrogen-bond donors (Lipinski definition) is 3. The number of nitrogens with two attached hydrogens (primary N) is 1. The van der Waals surface area contributed by atoms with Gasteiger partial charge in [-0.3, -0.25) is 5.41 Å². The molecule has 0 aliphatic heterocycles. The first-order valence-corrected chi connectivity index (χ1v) is 8.56. The fourth-order valence-corrected chi connectivity index (χ4v) is 3.53. The molecule has 0 aromatic heterocycles. The summed E-state index contributed by atoms with van der Waals surface area (Å²) < 4.78 is 46.8. The minimum atomic E-state index is -3.66. The normalized spacial score (nSPS) is 13.6. The molecule has 0 spiro atoms. The predicted octanol–water partition coefficient (Wildman–Crippen LogP) is -1.09. The van der Waals surface area contributed by atoms with Gasteiger partial charge in [-0.25, -0.2) is 21.6 Å². The Morgan fingerprint density at radius 3 is 2.06 bits per heavy atom. The van der Waals surface area contributed by atoms with Crippen LogP contribution >= 0.6 is 0 Å². The first kappa shape index (κ1) is 16.3. The Morgan fingerprint density at radius 1 is 1.24 bits per heavy atom. The summed E-state index contributed by atoms with van der Waals surface area (Å²) in [5, 5.41) is 7.25. The zero-order valence-electron chi connectivity index (χ0n) is 10.1. The minimum Gasteiger partial charge on any atom is -0.387 e. The lowest BCUT2D eigenvalue weighted by Crippen LogP contribution is -2.43. The van der Waals surface area contributed by atoms with E-state index in [4.69, 9.17) is 11.1 Å². The van der Waals surface area contributed by atoms with Gasteiger partial charge in [-0.2, -0.15) is 0 Å². The van der Waals surface area contributed by atoms with Crippen LogP contribution in [-0.2, 0) is 19.9 Å². The second kappa shape index (κ2) is 5.32. The van der Waals surface area contributed by atoms with Gasteiger partial charge in [0.15, 0.2) is 0 Å². The molecule has 4 N–H and O–H groups in total. The van der Waals surface area contributed by atoms with Crippen LogP contribution in [0.5, 0.6) is 0 Å². The van der Waals surface area contributed by atoms with Crippen molar-refractivity contribution in [3.8, 4) is 0 Å². The van der Waals surface area contributed by atoms with Crippen LogP contribution in [0.4, 0.5) is 0 Å². The summed E-state index contributed by atoms with van der Waals surface area (Å²) >= 11 is 0. The van der Waals surface area contributed by atoms with E-state index in [0.717, 1.165) is 6.26 Å². The molecule has 0 rings (SSSR count). The van der Waals surface area contributed by atoms with E-state index >= 15 is 0 Å². The molecule has 7 nitrogen and oxygen atoms in total. The van der Waals surface area contributed by atoms with Crippen LogP contribution in [0.2, 0.25) is 0 Å². The van der Waals surface area contributed by atoms with Gasteiger partial charge in [0.1, 0.15) is 9.84 Å². The van der Waals surface area contributed by atoms with Crippen molar-refractivity contribution in [2.24, 2.45) is 11.1 Å². The van der Waals surface area contributed by atoms with Gasteiger partial charge in [-0.05, 0) is 0 Å². The molecule has 0 fully saturated rings. The highest BCUT2D eigenvalue weighted by Crippen LogP contribution is 2.12. The number of hydrogen-bond acceptors (Lipinski definition) is 5. The van der Waals surface area contributed by atoms with Crippen molar-refractivity contribution in [3.05, 3.63) is 0 Å². The molecule has 0 bridgehead atoms. The van der Waals surface area contributed by atoms with Gasteiger partial charge < -0.3 is 5.73 Å². The molecule has 0 saturated heterocycles. The van der Waals surface area contributed by atoms with E-state index in [9.17, 15) is 16.8 Å². The van der Waals surface area contributed by atoms with Crippen LogP contribution < -0.4 is 10.5 Å². The predicted molar refractivity (Wildman–Crippen MR) is 67.2 cm³/mol. The number of sulfonamides is 1.